The predicted molar refractivity (Wildman–Crippen MR) is 64.9 cm³/mol. The number of benzene rings is 1. The minimum absolute atomic E-state index is 0.0299. The van der Waals surface area contributed by atoms with E-state index in [0.29, 0.717) is 12.0 Å². The quantitative estimate of drug-likeness (QED) is 0.881. The van der Waals surface area contributed by atoms with E-state index in [1.165, 1.54) is 31.2 Å². The second kappa shape index (κ2) is 5.60. The maximum Gasteiger partial charge on any atom is 0.155 e. The fourth-order valence-electron chi connectivity index (χ4n) is 1.79. The monoisotopic (exact) mass is 260 g/mol. The number of sulfone groups is 1. The summed E-state index contributed by atoms with van der Waals surface area (Å²) in [4.78, 5) is 0. The van der Waals surface area contributed by atoms with E-state index in [0.717, 1.165) is 0 Å². The van der Waals surface area contributed by atoms with Crippen LogP contribution in [0.3, 0.4) is 0 Å². The summed E-state index contributed by atoms with van der Waals surface area (Å²) in [5.74, 6) is -0.511. The summed E-state index contributed by atoms with van der Waals surface area (Å²) >= 11 is 0. The van der Waals surface area contributed by atoms with Crippen LogP contribution in [-0.4, -0.2) is 24.5 Å². The van der Waals surface area contributed by atoms with E-state index in [1.807, 2.05) is 0 Å². The first kappa shape index (κ1) is 14.1. The second-order valence-electron chi connectivity index (χ2n) is 3.90. The van der Waals surface area contributed by atoms with Gasteiger partial charge in [0, 0.05) is 5.75 Å². The molecule has 0 unspecified atom stereocenters. The lowest BCUT2D eigenvalue weighted by molar-refractivity contribution is 0.168. The molecule has 5 heteroatoms. The lowest BCUT2D eigenvalue weighted by Crippen LogP contribution is -2.29. The highest BCUT2D eigenvalue weighted by molar-refractivity contribution is 7.92. The molecule has 3 nitrogen and oxygen atoms in total. The van der Waals surface area contributed by atoms with Crippen LogP contribution < -0.4 is 0 Å². The van der Waals surface area contributed by atoms with Gasteiger partial charge in [-0.3, -0.25) is 0 Å². The Bertz CT molecular complexity index is 470. The molecule has 1 rings (SSSR count). The predicted octanol–water partition coefficient (Wildman–Crippen LogP) is 2.07. The lowest BCUT2D eigenvalue weighted by atomic mass is 10.1. The summed E-state index contributed by atoms with van der Waals surface area (Å²) < 4.78 is 36.6. The molecule has 0 aromatic heterocycles. The van der Waals surface area contributed by atoms with Crippen molar-refractivity contribution in [3.05, 3.63) is 35.6 Å². The van der Waals surface area contributed by atoms with Crippen LogP contribution in [0.15, 0.2) is 24.3 Å². The van der Waals surface area contributed by atoms with Gasteiger partial charge < -0.3 is 5.11 Å². The summed E-state index contributed by atoms with van der Waals surface area (Å²) in [5.41, 5.74) is 0.300. The van der Waals surface area contributed by atoms with E-state index in [1.54, 1.807) is 6.92 Å². The molecule has 1 aromatic rings. The molecule has 0 aliphatic carbocycles. The SMILES string of the molecule is CC[C@H]([C@H](O)c1cccc(F)c1)S(=O)(=O)CC. The van der Waals surface area contributed by atoms with E-state index in [2.05, 4.69) is 0 Å². The molecule has 0 saturated carbocycles. The topological polar surface area (TPSA) is 54.4 Å². The van der Waals surface area contributed by atoms with Gasteiger partial charge in [0.15, 0.2) is 9.84 Å². The van der Waals surface area contributed by atoms with Crippen molar-refractivity contribution in [1.82, 2.24) is 0 Å². The first-order chi connectivity index (χ1) is 7.92. The number of rotatable bonds is 5. The van der Waals surface area contributed by atoms with Crippen molar-refractivity contribution in [2.75, 3.05) is 5.75 Å². The van der Waals surface area contributed by atoms with Crippen LogP contribution in [0.2, 0.25) is 0 Å². The van der Waals surface area contributed by atoms with Crippen LogP contribution in [-0.2, 0) is 9.84 Å². The standard InChI is InChI=1S/C12H17FO3S/c1-3-11(17(15,16)4-2)12(14)9-6-5-7-10(13)8-9/h5-8,11-12,14H,3-4H2,1-2H3/t11-,12-/m1/s1. The summed E-state index contributed by atoms with van der Waals surface area (Å²) in [5, 5.41) is 9.15. The molecule has 0 amide bonds. The van der Waals surface area contributed by atoms with Gasteiger partial charge >= 0.3 is 0 Å². The third-order valence-electron chi connectivity index (χ3n) is 2.81. The van der Waals surface area contributed by atoms with E-state index in [-0.39, 0.29) is 5.75 Å². The summed E-state index contributed by atoms with van der Waals surface area (Å²) in [7, 11) is -3.34. The van der Waals surface area contributed by atoms with Crippen molar-refractivity contribution in [2.45, 2.75) is 31.6 Å². The molecular weight excluding hydrogens is 243 g/mol. The summed E-state index contributed by atoms with van der Waals surface area (Å²) in [6, 6.07) is 5.41. The first-order valence-electron chi connectivity index (χ1n) is 5.57. The number of halogens is 1. The Kier molecular flexibility index (Phi) is 4.65. The maximum absolute atomic E-state index is 13.0. The molecule has 0 spiro atoms. The summed E-state index contributed by atoms with van der Waals surface area (Å²) in [6.07, 6.45) is -0.880. The van der Waals surface area contributed by atoms with Crippen LogP contribution in [0.1, 0.15) is 31.9 Å². The third kappa shape index (κ3) is 3.26. The van der Waals surface area contributed by atoms with Crippen LogP contribution in [0.25, 0.3) is 0 Å². The van der Waals surface area contributed by atoms with Crippen LogP contribution in [0.5, 0.6) is 0 Å². The minimum atomic E-state index is -3.34. The van der Waals surface area contributed by atoms with Crippen LogP contribution >= 0.6 is 0 Å². The Morgan fingerprint density at radius 3 is 2.47 bits per heavy atom. The van der Waals surface area contributed by atoms with Gasteiger partial charge in [-0.15, -0.1) is 0 Å². The zero-order chi connectivity index (χ0) is 13.1. The molecule has 96 valence electrons. The zero-order valence-corrected chi connectivity index (χ0v) is 10.7. The zero-order valence-electron chi connectivity index (χ0n) is 9.93. The van der Waals surface area contributed by atoms with Gasteiger partial charge in [0.05, 0.1) is 11.4 Å². The molecule has 0 fully saturated rings. The molecule has 1 N–H and O–H groups in total. The van der Waals surface area contributed by atoms with E-state index < -0.39 is 27.0 Å². The Labute approximate surface area is 101 Å². The molecular formula is C12H17FO3S. The fourth-order valence-corrected chi connectivity index (χ4v) is 3.28. The Balaban J connectivity index is 3.06. The van der Waals surface area contributed by atoms with Crippen molar-refractivity contribution < 1.29 is 17.9 Å². The molecule has 2 atom stereocenters. The average molecular weight is 260 g/mol. The minimum Gasteiger partial charge on any atom is -0.387 e. The van der Waals surface area contributed by atoms with Gasteiger partial charge in [-0.05, 0) is 24.1 Å². The smallest absolute Gasteiger partial charge is 0.155 e. The van der Waals surface area contributed by atoms with E-state index in [9.17, 15) is 17.9 Å². The van der Waals surface area contributed by atoms with E-state index >= 15 is 0 Å². The molecule has 0 aliphatic rings. The Morgan fingerprint density at radius 1 is 1.35 bits per heavy atom. The highest BCUT2D eigenvalue weighted by atomic mass is 32.2. The molecule has 1 aromatic carbocycles. The van der Waals surface area contributed by atoms with Crippen molar-refractivity contribution >= 4 is 9.84 Å². The Hall–Kier alpha value is -0.940. The second-order valence-corrected chi connectivity index (χ2v) is 6.41. The van der Waals surface area contributed by atoms with Crippen LogP contribution in [0, 0.1) is 5.82 Å². The normalized spacial score (nSPS) is 15.5. The van der Waals surface area contributed by atoms with Crippen molar-refractivity contribution in [1.29, 1.82) is 0 Å². The van der Waals surface area contributed by atoms with Crippen LogP contribution in [0.4, 0.5) is 4.39 Å². The number of aliphatic hydroxyl groups excluding tert-OH is 1. The maximum atomic E-state index is 13.0. The highest BCUT2D eigenvalue weighted by Crippen LogP contribution is 2.25. The first-order valence-corrected chi connectivity index (χ1v) is 7.29. The van der Waals surface area contributed by atoms with Gasteiger partial charge in [0.2, 0.25) is 0 Å². The molecule has 0 heterocycles. The van der Waals surface area contributed by atoms with Gasteiger partial charge in [-0.25, -0.2) is 12.8 Å². The van der Waals surface area contributed by atoms with Gasteiger partial charge in [0.1, 0.15) is 5.82 Å². The highest BCUT2D eigenvalue weighted by Gasteiger charge is 2.30. The lowest BCUT2D eigenvalue weighted by Gasteiger charge is -2.21. The van der Waals surface area contributed by atoms with Gasteiger partial charge in [0.25, 0.3) is 0 Å². The van der Waals surface area contributed by atoms with Gasteiger partial charge in [-0.2, -0.15) is 0 Å². The molecule has 0 radical (unpaired) electrons. The van der Waals surface area contributed by atoms with Gasteiger partial charge in [-0.1, -0.05) is 26.0 Å². The molecule has 17 heavy (non-hydrogen) atoms. The summed E-state index contributed by atoms with van der Waals surface area (Å²) in [6.45, 7) is 3.23. The number of hydrogen-bond donors (Lipinski definition) is 1. The van der Waals surface area contributed by atoms with Crippen molar-refractivity contribution in [3.8, 4) is 0 Å². The molecule has 0 bridgehead atoms. The molecule has 0 aliphatic heterocycles. The fraction of sp³-hybridized carbons (Fsp3) is 0.500. The van der Waals surface area contributed by atoms with E-state index in [4.69, 9.17) is 0 Å². The number of hydrogen-bond acceptors (Lipinski definition) is 3. The van der Waals surface area contributed by atoms with Crippen molar-refractivity contribution in [3.63, 3.8) is 0 Å². The Morgan fingerprint density at radius 2 is 2.00 bits per heavy atom. The number of aliphatic hydroxyl groups is 1. The average Bonchev–Trinajstić information content (AvgIpc) is 2.29. The van der Waals surface area contributed by atoms with Crippen molar-refractivity contribution in [2.24, 2.45) is 0 Å². The largest absolute Gasteiger partial charge is 0.387 e. The molecule has 0 saturated heterocycles. The third-order valence-corrected chi connectivity index (χ3v) is 5.13.